The molecule has 0 aliphatic carbocycles. The van der Waals surface area contributed by atoms with Crippen molar-refractivity contribution in [1.29, 1.82) is 0 Å². The number of hydrogen-bond donors (Lipinski definition) is 0. The molecule has 0 spiro atoms. The van der Waals surface area contributed by atoms with E-state index in [2.05, 4.69) is 29.3 Å². The third-order valence-corrected chi connectivity index (χ3v) is 3.46. The standard InChI is InChI=1S/C21H19NO/c1-4-10-18(11-5-1)16-21(22-20-14-8-3-9-15-20)23-17-19-12-6-2-7-13-19/h1-15H,16-17H2. The van der Waals surface area contributed by atoms with Gasteiger partial charge in [-0.2, -0.15) is 0 Å². The van der Waals surface area contributed by atoms with Crippen molar-refractivity contribution in [3.05, 3.63) is 102 Å². The highest BCUT2D eigenvalue weighted by atomic mass is 16.5. The number of hydrogen-bond acceptors (Lipinski definition) is 2. The molecule has 0 unspecified atom stereocenters. The highest BCUT2D eigenvalue weighted by molar-refractivity contribution is 5.81. The molecule has 0 atom stereocenters. The van der Waals surface area contributed by atoms with Crippen LogP contribution in [0.15, 0.2) is 96.0 Å². The number of nitrogens with zero attached hydrogens (tertiary/aromatic N) is 1. The summed E-state index contributed by atoms with van der Waals surface area (Å²) >= 11 is 0. The molecule has 0 amide bonds. The van der Waals surface area contributed by atoms with Gasteiger partial charge in [0.1, 0.15) is 6.61 Å². The lowest BCUT2D eigenvalue weighted by Crippen LogP contribution is -2.08. The molecule has 3 aromatic carbocycles. The van der Waals surface area contributed by atoms with Crippen LogP contribution in [0.1, 0.15) is 11.1 Å². The van der Waals surface area contributed by atoms with Crippen LogP contribution in [0.3, 0.4) is 0 Å². The van der Waals surface area contributed by atoms with E-state index in [4.69, 9.17) is 4.74 Å². The molecule has 2 nitrogen and oxygen atoms in total. The summed E-state index contributed by atoms with van der Waals surface area (Å²) < 4.78 is 5.99. The fourth-order valence-electron chi connectivity index (χ4n) is 2.28. The van der Waals surface area contributed by atoms with E-state index in [1.54, 1.807) is 0 Å². The summed E-state index contributed by atoms with van der Waals surface area (Å²) in [5.74, 6) is 0.728. The maximum atomic E-state index is 5.99. The second kappa shape index (κ2) is 7.95. The minimum absolute atomic E-state index is 0.527. The zero-order valence-corrected chi connectivity index (χ0v) is 12.9. The van der Waals surface area contributed by atoms with Crippen LogP contribution >= 0.6 is 0 Å². The summed E-state index contributed by atoms with van der Waals surface area (Å²) in [5, 5.41) is 0. The molecule has 0 saturated carbocycles. The van der Waals surface area contributed by atoms with Crippen LogP contribution in [0.25, 0.3) is 0 Å². The van der Waals surface area contributed by atoms with Crippen molar-refractivity contribution in [1.82, 2.24) is 0 Å². The van der Waals surface area contributed by atoms with Gasteiger partial charge in [-0.3, -0.25) is 0 Å². The van der Waals surface area contributed by atoms with Gasteiger partial charge in [-0.15, -0.1) is 0 Å². The van der Waals surface area contributed by atoms with E-state index in [1.165, 1.54) is 5.56 Å². The zero-order chi connectivity index (χ0) is 15.7. The molecule has 114 valence electrons. The van der Waals surface area contributed by atoms with Gasteiger partial charge in [-0.05, 0) is 23.3 Å². The van der Waals surface area contributed by atoms with Crippen molar-refractivity contribution in [3.63, 3.8) is 0 Å². The van der Waals surface area contributed by atoms with Gasteiger partial charge in [0.15, 0.2) is 5.90 Å². The monoisotopic (exact) mass is 301 g/mol. The maximum absolute atomic E-state index is 5.99. The van der Waals surface area contributed by atoms with Gasteiger partial charge >= 0.3 is 0 Å². The van der Waals surface area contributed by atoms with Gasteiger partial charge in [0.2, 0.25) is 0 Å². The van der Waals surface area contributed by atoms with Crippen LogP contribution in [0.2, 0.25) is 0 Å². The molecule has 2 heteroatoms. The molecule has 3 aromatic rings. The van der Waals surface area contributed by atoms with E-state index in [9.17, 15) is 0 Å². The summed E-state index contributed by atoms with van der Waals surface area (Å²) in [6, 6.07) is 30.3. The molecule has 0 aliphatic heterocycles. The maximum Gasteiger partial charge on any atom is 0.193 e. The number of benzene rings is 3. The van der Waals surface area contributed by atoms with Crippen LogP contribution in [0.5, 0.6) is 0 Å². The smallest absolute Gasteiger partial charge is 0.193 e. The third kappa shape index (κ3) is 4.82. The van der Waals surface area contributed by atoms with Gasteiger partial charge in [0, 0.05) is 6.42 Å². The van der Waals surface area contributed by atoms with Gasteiger partial charge < -0.3 is 4.74 Å². The van der Waals surface area contributed by atoms with Crippen molar-refractivity contribution in [2.45, 2.75) is 13.0 Å². The van der Waals surface area contributed by atoms with Crippen LogP contribution in [0, 0.1) is 0 Å². The van der Waals surface area contributed by atoms with Crippen molar-refractivity contribution in [2.75, 3.05) is 0 Å². The summed E-state index contributed by atoms with van der Waals surface area (Å²) in [7, 11) is 0. The molecule has 0 aliphatic rings. The molecular formula is C21H19NO. The van der Waals surface area contributed by atoms with Gasteiger partial charge in [0.25, 0.3) is 0 Å². The van der Waals surface area contributed by atoms with Crippen molar-refractivity contribution >= 4 is 11.6 Å². The Kier molecular flexibility index (Phi) is 5.20. The zero-order valence-electron chi connectivity index (χ0n) is 12.9. The molecule has 0 radical (unpaired) electrons. The lowest BCUT2D eigenvalue weighted by atomic mass is 10.1. The van der Waals surface area contributed by atoms with E-state index in [-0.39, 0.29) is 0 Å². The second-order valence-corrected chi connectivity index (χ2v) is 5.28. The number of para-hydroxylation sites is 1. The molecule has 0 bridgehead atoms. The minimum atomic E-state index is 0.527. The molecule has 0 N–H and O–H groups in total. The lowest BCUT2D eigenvalue weighted by Gasteiger charge is -2.10. The first kappa shape index (κ1) is 15.0. The quantitative estimate of drug-likeness (QED) is 0.470. The summed E-state index contributed by atoms with van der Waals surface area (Å²) in [6.07, 6.45) is 0.683. The van der Waals surface area contributed by atoms with Crippen molar-refractivity contribution in [2.24, 2.45) is 4.99 Å². The fraction of sp³-hybridized carbons (Fsp3) is 0.0952. The summed E-state index contributed by atoms with van der Waals surface area (Å²) in [6.45, 7) is 0.527. The van der Waals surface area contributed by atoms with E-state index < -0.39 is 0 Å². The third-order valence-electron chi connectivity index (χ3n) is 3.46. The normalized spacial score (nSPS) is 11.2. The van der Waals surface area contributed by atoms with E-state index in [0.29, 0.717) is 13.0 Å². The Morgan fingerprint density at radius 1 is 0.652 bits per heavy atom. The van der Waals surface area contributed by atoms with Gasteiger partial charge in [0.05, 0.1) is 5.69 Å². The predicted octanol–water partition coefficient (Wildman–Crippen LogP) is 5.18. The first-order valence-corrected chi connectivity index (χ1v) is 7.73. The summed E-state index contributed by atoms with van der Waals surface area (Å²) in [5.41, 5.74) is 3.24. The predicted molar refractivity (Wildman–Crippen MR) is 94.9 cm³/mol. The van der Waals surface area contributed by atoms with Crippen molar-refractivity contribution < 1.29 is 4.74 Å². The Balaban J connectivity index is 1.77. The largest absolute Gasteiger partial charge is 0.476 e. The van der Waals surface area contributed by atoms with Crippen LogP contribution in [0.4, 0.5) is 5.69 Å². The molecule has 0 saturated heterocycles. The molecule has 0 aromatic heterocycles. The van der Waals surface area contributed by atoms with Crippen LogP contribution < -0.4 is 0 Å². The Morgan fingerprint density at radius 2 is 1.17 bits per heavy atom. The highest BCUT2D eigenvalue weighted by Gasteiger charge is 2.04. The minimum Gasteiger partial charge on any atom is -0.476 e. The van der Waals surface area contributed by atoms with E-state index >= 15 is 0 Å². The average molecular weight is 301 g/mol. The SMILES string of the molecule is c1ccc(COC(Cc2ccccc2)=Nc2ccccc2)cc1. The number of aliphatic imine (C=N–C) groups is 1. The molecule has 23 heavy (non-hydrogen) atoms. The Labute approximate surface area is 137 Å². The van der Waals surface area contributed by atoms with E-state index in [0.717, 1.165) is 17.1 Å². The molecule has 3 rings (SSSR count). The first-order valence-electron chi connectivity index (χ1n) is 7.73. The van der Waals surface area contributed by atoms with Crippen LogP contribution in [-0.4, -0.2) is 5.90 Å². The highest BCUT2D eigenvalue weighted by Crippen LogP contribution is 2.14. The average Bonchev–Trinajstić information content (AvgIpc) is 2.62. The topological polar surface area (TPSA) is 21.6 Å². The molecular weight excluding hydrogens is 282 g/mol. The van der Waals surface area contributed by atoms with Crippen LogP contribution in [-0.2, 0) is 17.8 Å². The van der Waals surface area contributed by atoms with E-state index in [1.807, 2.05) is 66.7 Å². The lowest BCUT2D eigenvalue weighted by molar-refractivity contribution is 0.286. The Bertz CT molecular complexity index is 737. The summed E-state index contributed by atoms with van der Waals surface area (Å²) in [4.78, 5) is 4.66. The second-order valence-electron chi connectivity index (χ2n) is 5.28. The fourth-order valence-corrected chi connectivity index (χ4v) is 2.28. The van der Waals surface area contributed by atoms with Crippen molar-refractivity contribution in [3.8, 4) is 0 Å². The Morgan fingerprint density at radius 3 is 1.78 bits per heavy atom. The molecule has 0 fully saturated rings. The first-order chi connectivity index (χ1) is 11.4. The molecule has 0 heterocycles. The van der Waals surface area contributed by atoms with Gasteiger partial charge in [-0.25, -0.2) is 4.99 Å². The Hall–Kier alpha value is -2.87. The van der Waals surface area contributed by atoms with Gasteiger partial charge in [-0.1, -0.05) is 78.9 Å². The number of ether oxygens (including phenoxy) is 1. The number of rotatable bonds is 5.